The molecule has 0 heterocycles. The molecule has 1 amide bonds. The standard InChI is InChI=1S/C7H11NO4/c9-4-7(1-2-7)8-5(10)3-6(11)12/h9H,1-4H2,(H,8,10)(H,11,12). The lowest BCUT2D eigenvalue weighted by molar-refractivity contribution is -0.141. The first-order chi connectivity index (χ1) is 5.58. The smallest absolute Gasteiger partial charge is 0.312 e. The molecule has 0 aliphatic heterocycles. The van der Waals surface area contributed by atoms with Gasteiger partial charge in [-0.3, -0.25) is 9.59 Å². The van der Waals surface area contributed by atoms with E-state index in [1.165, 1.54) is 0 Å². The summed E-state index contributed by atoms with van der Waals surface area (Å²) in [5.41, 5.74) is -0.507. The van der Waals surface area contributed by atoms with Crippen LogP contribution in [0.25, 0.3) is 0 Å². The number of aliphatic hydroxyl groups is 1. The minimum Gasteiger partial charge on any atom is -0.481 e. The van der Waals surface area contributed by atoms with E-state index in [1.807, 2.05) is 0 Å². The molecule has 1 saturated carbocycles. The van der Waals surface area contributed by atoms with Crippen molar-refractivity contribution in [2.45, 2.75) is 24.8 Å². The molecule has 1 fully saturated rings. The second-order valence-corrected chi connectivity index (χ2v) is 3.06. The molecule has 0 aromatic rings. The molecule has 0 bridgehead atoms. The van der Waals surface area contributed by atoms with Crippen LogP contribution in [0.15, 0.2) is 0 Å². The summed E-state index contributed by atoms with van der Waals surface area (Å²) in [6.07, 6.45) is 0.936. The van der Waals surface area contributed by atoms with Crippen LogP contribution >= 0.6 is 0 Å². The number of nitrogens with one attached hydrogen (secondary N) is 1. The zero-order chi connectivity index (χ0) is 9.19. The van der Waals surface area contributed by atoms with Crippen LogP contribution in [0.1, 0.15) is 19.3 Å². The third-order valence-corrected chi connectivity index (χ3v) is 1.87. The fourth-order valence-electron chi connectivity index (χ4n) is 0.951. The van der Waals surface area contributed by atoms with Crippen molar-refractivity contribution in [2.24, 2.45) is 0 Å². The summed E-state index contributed by atoms with van der Waals surface area (Å²) in [6.45, 7) is -0.113. The lowest BCUT2D eigenvalue weighted by Gasteiger charge is -2.12. The molecule has 0 unspecified atom stereocenters. The highest BCUT2D eigenvalue weighted by atomic mass is 16.4. The number of carboxylic acid groups (broad SMARTS) is 1. The van der Waals surface area contributed by atoms with Gasteiger partial charge in [0.25, 0.3) is 0 Å². The molecule has 0 spiro atoms. The first-order valence-corrected chi connectivity index (χ1v) is 3.72. The highest BCUT2D eigenvalue weighted by Crippen LogP contribution is 2.34. The van der Waals surface area contributed by atoms with Crippen molar-refractivity contribution in [1.29, 1.82) is 0 Å². The average Bonchev–Trinajstić information content (AvgIpc) is 2.67. The van der Waals surface area contributed by atoms with Crippen molar-refractivity contribution in [3.05, 3.63) is 0 Å². The molecule has 0 radical (unpaired) electrons. The van der Waals surface area contributed by atoms with Gasteiger partial charge in [0, 0.05) is 0 Å². The Morgan fingerprint density at radius 2 is 2.00 bits per heavy atom. The number of hydrogen-bond donors (Lipinski definition) is 3. The van der Waals surface area contributed by atoms with Crippen molar-refractivity contribution in [1.82, 2.24) is 5.32 Å². The summed E-state index contributed by atoms with van der Waals surface area (Å²) in [6, 6.07) is 0. The summed E-state index contributed by atoms with van der Waals surface area (Å²) in [7, 11) is 0. The normalized spacial score (nSPS) is 18.4. The minimum absolute atomic E-state index is 0.113. The summed E-state index contributed by atoms with van der Waals surface area (Å²) < 4.78 is 0. The van der Waals surface area contributed by atoms with Gasteiger partial charge in [0.15, 0.2) is 0 Å². The number of amides is 1. The van der Waals surface area contributed by atoms with Gasteiger partial charge in [-0.25, -0.2) is 0 Å². The molecule has 68 valence electrons. The van der Waals surface area contributed by atoms with Crippen molar-refractivity contribution >= 4 is 11.9 Å². The number of carboxylic acids is 1. The Morgan fingerprint density at radius 3 is 2.33 bits per heavy atom. The maximum absolute atomic E-state index is 10.9. The largest absolute Gasteiger partial charge is 0.481 e. The zero-order valence-corrected chi connectivity index (χ0v) is 6.54. The minimum atomic E-state index is -1.15. The molecule has 1 rings (SSSR count). The third-order valence-electron chi connectivity index (χ3n) is 1.87. The maximum atomic E-state index is 10.9. The van der Waals surface area contributed by atoms with E-state index in [-0.39, 0.29) is 6.61 Å². The van der Waals surface area contributed by atoms with Gasteiger partial charge in [-0.2, -0.15) is 0 Å². The van der Waals surface area contributed by atoms with Crippen molar-refractivity contribution in [3.63, 3.8) is 0 Å². The predicted molar refractivity (Wildman–Crippen MR) is 39.4 cm³/mol. The Kier molecular flexibility index (Phi) is 2.32. The van der Waals surface area contributed by atoms with Gasteiger partial charge in [0.05, 0.1) is 12.1 Å². The van der Waals surface area contributed by atoms with Crippen molar-refractivity contribution in [3.8, 4) is 0 Å². The molecule has 5 nitrogen and oxygen atoms in total. The second-order valence-electron chi connectivity index (χ2n) is 3.06. The topological polar surface area (TPSA) is 86.6 Å². The number of carbonyl (C=O) groups is 2. The molecular formula is C7H11NO4. The van der Waals surface area contributed by atoms with E-state index in [9.17, 15) is 9.59 Å². The first kappa shape index (κ1) is 8.99. The molecule has 0 saturated heterocycles. The van der Waals surface area contributed by atoms with E-state index in [2.05, 4.69) is 5.32 Å². The molecule has 0 aromatic heterocycles. The summed E-state index contributed by atoms with van der Waals surface area (Å²) >= 11 is 0. The Balaban J connectivity index is 2.31. The van der Waals surface area contributed by atoms with E-state index in [1.54, 1.807) is 0 Å². The second kappa shape index (κ2) is 3.10. The Bertz CT molecular complexity index is 209. The number of hydrogen-bond acceptors (Lipinski definition) is 3. The van der Waals surface area contributed by atoms with Crippen molar-refractivity contribution < 1.29 is 19.8 Å². The fourth-order valence-corrected chi connectivity index (χ4v) is 0.951. The third kappa shape index (κ3) is 2.20. The van der Waals surface area contributed by atoms with Gasteiger partial charge in [0.2, 0.25) is 5.91 Å². The summed E-state index contributed by atoms with van der Waals surface area (Å²) in [5, 5.41) is 19.5. The van der Waals surface area contributed by atoms with Crippen LogP contribution in [0.5, 0.6) is 0 Å². The zero-order valence-electron chi connectivity index (χ0n) is 6.54. The molecule has 3 N–H and O–H groups in total. The lowest BCUT2D eigenvalue weighted by Crippen LogP contribution is -2.40. The Labute approximate surface area is 69.4 Å². The van der Waals surface area contributed by atoms with Crippen molar-refractivity contribution in [2.75, 3.05) is 6.61 Å². The molecule has 1 aliphatic carbocycles. The summed E-state index contributed by atoms with van der Waals surface area (Å²) in [5.74, 6) is -1.68. The quantitative estimate of drug-likeness (QED) is 0.481. The average molecular weight is 173 g/mol. The van der Waals surface area contributed by atoms with Gasteiger partial charge in [-0.05, 0) is 12.8 Å². The Hall–Kier alpha value is -1.10. The van der Waals surface area contributed by atoms with Crippen LogP contribution in [0.2, 0.25) is 0 Å². The van der Waals surface area contributed by atoms with Crippen LogP contribution in [0.3, 0.4) is 0 Å². The van der Waals surface area contributed by atoms with E-state index >= 15 is 0 Å². The molecule has 0 aromatic carbocycles. The van der Waals surface area contributed by atoms with Crippen LogP contribution < -0.4 is 5.32 Å². The van der Waals surface area contributed by atoms with Gasteiger partial charge in [-0.1, -0.05) is 0 Å². The number of carbonyl (C=O) groups excluding carboxylic acids is 1. The number of aliphatic carboxylic acids is 1. The molecular weight excluding hydrogens is 162 g/mol. The highest BCUT2D eigenvalue weighted by Gasteiger charge is 2.43. The van der Waals surface area contributed by atoms with E-state index < -0.39 is 23.8 Å². The highest BCUT2D eigenvalue weighted by molar-refractivity contribution is 5.93. The first-order valence-electron chi connectivity index (χ1n) is 3.72. The molecule has 12 heavy (non-hydrogen) atoms. The van der Waals surface area contributed by atoms with Crippen LogP contribution in [0, 0.1) is 0 Å². The SMILES string of the molecule is O=C(O)CC(=O)NC1(CO)CC1. The van der Waals surface area contributed by atoms with Crippen LogP contribution in [-0.2, 0) is 9.59 Å². The van der Waals surface area contributed by atoms with E-state index in [4.69, 9.17) is 10.2 Å². The van der Waals surface area contributed by atoms with Crippen LogP contribution in [-0.4, -0.2) is 34.2 Å². The Morgan fingerprint density at radius 1 is 1.42 bits per heavy atom. The molecule has 5 heteroatoms. The van der Waals surface area contributed by atoms with Gasteiger partial charge in [0.1, 0.15) is 6.42 Å². The van der Waals surface area contributed by atoms with E-state index in [0.29, 0.717) is 0 Å². The molecule has 0 atom stereocenters. The lowest BCUT2D eigenvalue weighted by atomic mass is 10.2. The molecule has 1 aliphatic rings. The van der Waals surface area contributed by atoms with Gasteiger partial charge < -0.3 is 15.5 Å². The monoisotopic (exact) mass is 173 g/mol. The maximum Gasteiger partial charge on any atom is 0.312 e. The van der Waals surface area contributed by atoms with E-state index in [0.717, 1.165) is 12.8 Å². The number of aliphatic hydroxyl groups excluding tert-OH is 1. The van der Waals surface area contributed by atoms with Gasteiger partial charge >= 0.3 is 5.97 Å². The summed E-state index contributed by atoms with van der Waals surface area (Å²) in [4.78, 5) is 20.9. The number of rotatable bonds is 4. The fraction of sp³-hybridized carbons (Fsp3) is 0.714. The van der Waals surface area contributed by atoms with Gasteiger partial charge in [-0.15, -0.1) is 0 Å². The van der Waals surface area contributed by atoms with Crippen LogP contribution in [0.4, 0.5) is 0 Å². The predicted octanol–water partition coefficient (Wildman–Crippen LogP) is -0.898.